The number of thioether (sulfide) groups is 1. The van der Waals surface area contributed by atoms with Crippen LogP contribution in [0.2, 0.25) is 0 Å². The Bertz CT molecular complexity index is 704. The summed E-state index contributed by atoms with van der Waals surface area (Å²) in [7, 11) is 0. The van der Waals surface area contributed by atoms with Gasteiger partial charge in [-0.05, 0) is 55.5 Å². The molecule has 25 heavy (non-hydrogen) atoms. The summed E-state index contributed by atoms with van der Waals surface area (Å²) < 4.78 is 0. The van der Waals surface area contributed by atoms with Crippen molar-refractivity contribution in [1.82, 2.24) is 10.6 Å². The molecule has 2 bridgehead atoms. The van der Waals surface area contributed by atoms with Gasteiger partial charge in [0.25, 0.3) is 5.91 Å². The van der Waals surface area contributed by atoms with Gasteiger partial charge in [0.15, 0.2) is 0 Å². The van der Waals surface area contributed by atoms with Crippen molar-refractivity contribution >= 4 is 17.7 Å². The first-order chi connectivity index (χ1) is 12.3. The zero-order chi connectivity index (χ0) is 17.1. The highest BCUT2D eigenvalue weighted by Gasteiger charge is 2.34. The molecule has 2 aromatic carbocycles. The van der Waals surface area contributed by atoms with Crippen molar-refractivity contribution in [2.45, 2.75) is 54.5 Å². The van der Waals surface area contributed by atoms with Gasteiger partial charge in [-0.1, -0.05) is 30.3 Å². The molecule has 2 aliphatic rings. The largest absolute Gasteiger partial charge is 0.349 e. The van der Waals surface area contributed by atoms with E-state index in [2.05, 4.69) is 47.0 Å². The van der Waals surface area contributed by atoms with E-state index in [1.807, 2.05) is 30.0 Å². The Morgan fingerprint density at radius 3 is 2.36 bits per heavy atom. The Balaban J connectivity index is 1.31. The van der Waals surface area contributed by atoms with Crippen LogP contribution in [-0.4, -0.2) is 24.0 Å². The molecule has 2 N–H and O–H groups in total. The van der Waals surface area contributed by atoms with Crippen LogP contribution in [0.4, 0.5) is 0 Å². The van der Waals surface area contributed by atoms with Crippen molar-refractivity contribution in [3.63, 3.8) is 0 Å². The van der Waals surface area contributed by atoms with Crippen LogP contribution in [0, 0.1) is 0 Å². The summed E-state index contributed by atoms with van der Waals surface area (Å²) in [6.45, 7) is 0. The van der Waals surface area contributed by atoms with Crippen LogP contribution in [0.25, 0.3) is 0 Å². The Labute approximate surface area is 153 Å². The summed E-state index contributed by atoms with van der Waals surface area (Å²) in [4.78, 5) is 13.8. The fourth-order valence-corrected chi connectivity index (χ4v) is 4.75. The van der Waals surface area contributed by atoms with Crippen molar-refractivity contribution in [3.05, 3.63) is 65.7 Å². The van der Waals surface area contributed by atoms with Crippen LogP contribution in [0.1, 0.15) is 41.6 Å². The zero-order valence-corrected chi connectivity index (χ0v) is 15.1. The van der Waals surface area contributed by atoms with Crippen LogP contribution in [0.3, 0.4) is 0 Å². The minimum absolute atomic E-state index is 0.0635. The van der Waals surface area contributed by atoms with E-state index < -0.39 is 0 Å². The number of rotatable bonds is 5. The molecule has 2 unspecified atom stereocenters. The van der Waals surface area contributed by atoms with Gasteiger partial charge < -0.3 is 10.6 Å². The molecule has 2 aromatic rings. The number of hydrogen-bond acceptors (Lipinski definition) is 3. The quantitative estimate of drug-likeness (QED) is 0.800. The van der Waals surface area contributed by atoms with Gasteiger partial charge >= 0.3 is 0 Å². The Morgan fingerprint density at radius 2 is 1.68 bits per heavy atom. The second-order valence-corrected chi connectivity index (χ2v) is 8.13. The summed E-state index contributed by atoms with van der Waals surface area (Å²) >= 11 is 1.82. The molecule has 2 aliphatic heterocycles. The first-order valence-electron chi connectivity index (χ1n) is 9.10. The van der Waals surface area contributed by atoms with Gasteiger partial charge in [0, 0.05) is 34.3 Å². The van der Waals surface area contributed by atoms with Gasteiger partial charge in [0.2, 0.25) is 0 Å². The Kier molecular flexibility index (Phi) is 5.09. The van der Waals surface area contributed by atoms with Gasteiger partial charge in [-0.25, -0.2) is 0 Å². The lowest BCUT2D eigenvalue weighted by Crippen LogP contribution is -2.48. The number of amides is 1. The number of carbonyl (C=O) groups excluding carboxylic acids is 1. The Hall–Kier alpha value is -1.78. The lowest BCUT2D eigenvalue weighted by molar-refractivity contribution is 0.0924. The summed E-state index contributed by atoms with van der Waals surface area (Å²) in [5, 5.41) is 6.84. The number of fused-ring (bicyclic) bond motifs is 2. The second-order valence-electron chi connectivity index (χ2n) is 7.08. The van der Waals surface area contributed by atoms with Crippen molar-refractivity contribution in [1.29, 1.82) is 0 Å². The molecule has 0 aliphatic carbocycles. The summed E-state index contributed by atoms with van der Waals surface area (Å²) in [6.07, 6.45) is 4.64. The molecule has 2 atom stereocenters. The molecule has 2 saturated heterocycles. The fraction of sp³-hybridized carbons (Fsp3) is 0.381. The van der Waals surface area contributed by atoms with Crippen LogP contribution in [0.5, 0.6) is 0 Å². The molecular weight excluding hydrogens is 328 g/mol. The van der Waals surface area contributed by atoms with Crippen molar-refractivity contribution < 1.29 is 4.79 Å². The van der Waals surface area contributed by atoms with Crippen molar-refractivity contribution in [3.8, 4) is 0 Å². The van der Waals surface area contributed by atoms with Gasteiger partial charge in [-0.15, -0.1) is 11.8 Å². The van der Waals surface area contributed by atoms with Gasteiger partial charge in [-0.2, -0.15) is 0 Å². The number of carbonyl (C=O) groups is 1. The van der Waals surface area contributed by atoms with E-state index in [9.17, 15) is 4.79 Å². The monoisotopic (exact) mass is 352 g/mol. The average molecular weight is 353 g/mol. The molecule has 0 saturated carbocycles. The summed E-state index contributed by atoms with van der Waals surface area (Å²) in [5.41, 5.74) is 2.00. The third-order valence-electron chi connectivity index (χ3n) is 5.17. The van der Waals surface area contributed by atoms with Gasteiger partial charge in [0.05, 0.1) is 0 Å². The molecule has 4 heteroatoms. The number of benzene rings is 2. The minimum Gasteiger partial charge on any atom is -0.349 e. The van der Waals surface area contributed by atoms with Gasteiger partial charge in [0.1, 0.15) is 0 Å². The molecule has 4 rings (SSSR count). The maximum atomic E-state index is 12.5. The lowest BCUT2D eigenvalue weighted by Gasteiger charge is -2.29. The molecule has 2 heterocycles. The predicted octanol–water partition coefficient (Wildman–Crippen LogP) is 3.99. The zero-order valence-electron chi connectivity index (χ0n) is 14.3. The number of nitrogens with one attached hydrogen (secondary N) is 2. The third kappa shape index (κ3) is 4.25. The Morgan fingerprint density at radius 1 is 1.00 bits per heavy atom. The fourth-order valence-electron chi connectivity index (χ4n) is 3.88. The third-order valence-corrected chi connectivity index (χ3v) is 6.26. The molecule has 3 nitrogen and oxygen atoms in total. The molecule has 0 radical (unpaired) electrons. The molecule has 0 spiro atoms. The number of hydrogen-bond donors (Lipinski definition) is 2. The first kappa shape index (κ1) is 16.7. The van der Waals surface area contributed by atoms with Gasteiger partial charge in [-0.3, -0.25) is 4.79 Å². The smallest absolute Gasteiger partial charge is 0.251 e. The predicted molar refractivity (Wildman–Crippen MR) is 103 cm³/mol. The highest BCUT2D eigenvalue weighted by Crippen LogP contribution is 2.27. The van der Waals surface area contributed by atoms with Crippen LogP contribution < -0.4 is 10.6 Å². The number of piperidine rings is 1. The minimum atomic E-state index is 0.0635. The molecular formula is C21H24N2OS. The average Bonchev–Trinajstić information content (AvgIpc) is 2.99. The van der Waals surface area contributed by atoms with E-state index in [4.69, 9.17) is 0 Å². The van der Waals surface area contributed by atoms with E-state index in [-0.39, 0.29) is 5.91 Å². The molecule has 2 fully saturated rings. The normalized spacial score (nSPS) is 24.9. The highest BCUT2D eigenvalue weighted by atomic mass is 32.2. The van der Waals surface area contributed by atoms with E-state index in [1.54, 1.807) is 0 Å². The molecule has 1 amide bonds. The van der Waals surface area contributed by atoms with Crippen LogP contribution in [0.15, 0.2) is 59.5 Å². The molecule has 130 valence electrons. The standard InChI is InChI=1S/C21H24N2OS/c24-21(23-19-12-17-10-11-18(13-19)22-17)16-8-6-15(7-9-16)14-25-20-4-2-1-3-5-20/h1-9,17-19,22H,10-14H2,(H,23,24). The van der Waals surface area contributed by atoms with E-state index in [0.29, 0.717) is 18.1 Å². The van der Waals surface area contributed by atoms with E-state index >= 15 is 0 Å². The van der Waals surface area contributed by atoms with E-state index in [1.165, 1.54) is 23.3 Å². The van der Waals surface area contributed by atoms with Crippen molar-refractivity contribution in [2.75, 3.05) is 0 Å². The van der Waals surface area contributed by atoms with Crippen LogP contribution >= 0.6 is 11.8 Å². The summed E-state index contributed by atoms with van der Waals surface area (Å²) in [6, 6.07) is 19.9. The maximum Gasteiger partial charge on any atom is 0.251 e. The van der Waals surface area contributed by atoms with Crippen molar-refractivity contribution in [2.24, 2.45) is 0 Å². The van der Waals surface area contributed by atoms with E-state index in [0.717, 1.165) is 24.2 Å². The molecule has 0 aromatic heterocycles. The second kappa shape index (κ2) is 7.63. The topological polar surface area (TPSA) is 41.1 Å². The van der Waals surface area contributed by atoms with Crippen LogP contribution in [-0.2, 0) is 5.75 Å². The maximum absolute atomic E-state index is 12.5. The lowest BCUT2D eigenvalue weighted by atomic mass is 9.99. The highest BCUT2D eigenvalue weighted by molar-refractivity contribution is 7.98. The first-order valence-corrected chi connectivity index (χ1v) is 10.1. The summed E-state index contributed by atoms with van der Waals surface area (Å²) in [5.74, 6) is 0.984. The SMILES string of the molecule is O=C(NC1CC2CCC(C1)N2)c1ccc(CSc2ccccc2)cc1.